The van der Waals surface area contributed by atoms with Gasteiger partial charge in [-0.05, 0) is 51.1 Å². The Labute approximate surface area is 102 Å². The normalized spacial score (nSPS) is 10.1. The molecule has 0 spiro atoms. The Morgan fingerprint density at radius 3 is 2.35 bits per heavy atom. The van der Waals surface area contributed by atoms with E-state index < -0.39 is 5.60 Å². The van der Waals surface area contributed by atoms with E-state index in [1.54, 1.807) is 24.3 Å². The standard InChI is InChI=1S/C15H16O2/c1-5-6-7-12-8-10-13(11-9-12)14(16)17-15(2,3)4/h5,8-11H,1H2,2-4H3. The molecule has 0 N–H and O–H groups in total. The van der Waals surface area contributed by atoms with Gasteiger partial charge in [0, 0.05) is 5.56 Å². The highest BCUT2D eigenvalue weighted by Crippen LogP contribution is 2.12. The van der Waals surface area contributed by atoms with Crippen molar-refractivity contribution in [1.29, 1.82) is 0 Å². The van der Waals surface area contributed by atoms with Crippen LogP contribution < -0.4 is 0 Å². The molecule has 0 unspecified atom stereocenters. The number of esters is 1. The van der Waals surface area contributed by atoms with Crippen LogP contribution in [0.5, 0.6) is 0 Å². The highest BCUT2D eigenvalue weighted by atomic mass is 16.6. The van der Waals surface area contributed by atoms with Crippen LogP contribution in [0, 0.1) is 11.8 Å². The maximum Gasteiger partial charge on any atom is 0.338 e. The zero-order chi connectivity index (χ0) is 12.9. The van der Waals surface area contributed by atoms with E-state index in [9.17, 15) is 4.79 Å². The Balaban J connectivity index is 2.81. The van der Waals surface area contributed by atoms with E-state index in [1.807, 2.05) is 20.8 Å². The van der Waals surface area contributed by atoms with Crippen molar-refractivity contribution in [3.8, 4) is 11.8 Å². The summed E-state index contributed by atoms with van der Waals surface area (Å²) in [5.41, 5.74) is 0.902. The van der Waals surface area contributed by atoms with Gasteiger partial charge in [0.1, 0.15) is 5.60 Å². The molecule has 0 saturated heterocycles. The summed E-state index contributed by atoms with van der Waals surface area (Å²) in [5, 5.41) is 0. The molecule has 17 heavy (non-hydrogen) atoms. The summed E-state index contributed by atoms with van der Waals surface area (Å²) in [6, 6.07) is 6.99. The van der Waals surface area contributed by atoms with Gasteiger partial charge in [-0.3, -0.25) is 0 Å². The topological polar surface area (TPSA) is 26.3 Å². The van der Waals surface area contributed by atoms with E-state index in [4.69, 9.17) is 4.74 Å². The quantitative estimate of drug-likeness (QED) is 0.545. The molecule has 0 bridgehead atoms. The summed E-state index contributed by atoms with van der Waals surface area (Å²) >= 11 is 0. The third-order valence-electron chi connectivity index (χ3n) is 1.84. The highest BCUT2D eigenvalue weighted by Gasteiger charge is 2.17. The monoisotopic (exact) mass is 228 g/mol. The molecule has 2 nitrogen and oxygen atoms in total. The molecular weight excluding hydrogens is 212 g/mol. The van der Waals surface area contributed by atoms with Gasteiger partial charge in [0.05, 0.1) is 5.56 Å². The van der Waals surface area contributed by atoms with Crippen molar-refractivity contribution in [1.82, 2.24) is 0 Å². The van der Waals surface area contributed by atoms with Crippen molar-refractivity contribution in [2.45, 2.75) is 26.4 Å². The zero-order valence-electron chi connectivity index (χ0n) is 10.4. The fourth-order valence-corrected chi connectivity index (χ4v) is 1.16. The lowest BCUT2D eigenvalue weighted by Crippen LogP contribution is -2.23. The molecule has 0 aromatic heterocycles. The van der Waals surface area contributed by atoms with Crippen LogP contribution in [-0.2, 0) is 4.74 Å². The summed E-state index contributed by atoms with van der Waals surface area (Å²) in [7, 11) is 0. The maximum absolute atomic E-state index is 11.7. The Morgan fingerprint density at radius 1 is 1.29 bits per heavy atom. The SMILES string of the molecule is C=CC#Cc1ccc(C(=O)OC(C)(C)C)cc1. The first-order chi connectivity index (χ1) is 7.92. The first-order valence-corrected chi connectivity index (χ1v) is 5.38. The molecule has 0 heterocycles. The summed E-state index contributed by atoms with van der Waals surface area (Å²) < 4.78 is 5.25. The van der Waals surface area contributed by atoms with Crippen molar-refractivity contribution in [2.24, 2.45) is 0 Å². The van der Waals surface area contributed by atoms with Gasteiger partial charge in [0.25, 0.3) is 0 Å². The van der Waals surface area contributed by atoms with Gasteiger partial charge in [0.2, 0.25) is 0 Å². The third kappa shape index (κ3) is 4.56. The van der Waals surface area contributed by atoms with Crippen LogP contribution in [0.4, 0.5) is 0 Å². The van der Waals surface area contributed by atoms with Gasteiger partial charge in [-0.25, -0.2) is 4.79 Å². The molecule has 2 heteroatoms. The lowest BCUT2D eigenvalue weighted by atomic mass is 10.1. The number of allylic oxidation sites excluding steroid dienone is 1. The van der Waals surface area contributed by atoms with Crippen molar-refractivity contribution < 1.29 is 9.53 Å². The minimum atomic E-state index is -0.474. The molecule has 0 amide bonds. The second-order valence-electron chi connectivity index (χ2n) is 4.55. The molecule has 1 aromatic carbocycles. The summed E-state index contributed by atoms with van der Waals surface area (Å²) in [6.45, 7) is 9.04. The van der Waals surface area contributed by atoms with Crippen LogP contribution in [0.1, 0.15) is 36.7 Å². The van der Waals surface area contributed by atoms with Crippen LogP contribution >= 0.6 is 0 Å². The number of rotatable bonds is 1. The first-order valence-electron chi connectivity index (χ1n) is 5.38. The molecule has 0 aliphatic rings. The van der Waals surface area contributed by atoms with E-state index in [2.05, 4.69) is 18.4 Å². The summed E-state index contributed by atoms with van der Waals surface area (Å²) in [4.78, 5) is 11.7. The fourth-order valence-electron chi connectivity index (χ4n) is 1.16. The predicted octanol–water partition coefficient (Wildman–Crippen LogP) is 3.18. The van der Waals surface area contributed by atoms with E-state index >= 15 is 0 Å². The lowest BCUT2D eigenvalue weighted by Gasteiger charge is -2.19. The van der Waals surface area contributed by atoms with E-state index in [1.165, 1.54) is 6.08 Å². The number of carbonyl (C=O) groups excluding carboxylic acids is 1. The second-order valence-corrected chi connectivity index (χ2v) is 4.55. The van der Waals surface area contributed by atoms with Crippen molar-refractivity contribution in [3.63, 3.8) is 0 Å². The van der Waals surface area contributed by atoms with Crippen LogP contribution in [0.2, 0.25) is 0 Å². The summed E-state index contributed by atoms with van der Waals surface area (Å²) in [5.74, 6) is 5.32. The van der Waals surface area contributed by atoms with Gasteiger partial charge in [-0.15, -0.1) is 0 Å². The van der Waals surface area contributed by atoms with Crippen molar-refractivity contribution in [2.75, 3.05) is 0 Å². The molecular formula is C15H16O2. The smallest absolute Gasteiger partial charge is 0.338 e. The number of ether oxygens (including phenoxy) is 1. The summed E-state index contributed by atoms with van der Waals surface area (Å²) in [6.07, 6.45) is 1.53. The van der Waals surface area contributed by atoms with E-state index in [-0.39, 0.29) is 5.97 Å². The number of carbonyl (C=O) groups is 1. The number of hydrogen-bond donors (Lipinski definition) is 0. The Bertz CT molecular complexity index is 464. The minimum Gasteiger partial charge on any atom is -0.456 e. The Morgan fingerprint density at radius 2 is 1.88 bits per heavy atom. The average molecular weight is 228 g/mol. The molecule has 0 aliphatic heterocycles. The second kappa shape index (κ2) is 5.36. The minimum absolute atomic E-state index is 0.319. The Kier molecular flexibility index (Phi) is 4.12. The van der Waals surface area contributed by atoms with Crippen molar-refractivity contribution >= 4 is 5.97 Å². The molecule has 0 atom stereocenters. The lowest BCUT2D eigenvalue weighted by molar-refractivity contribution is 0.00696. The third-order valence-corrected chi connectivity index (χ3v) is 1.84. The van der Waals surface area contributed by atoms with Crippen molar-refractivity contribution in [3.05, 3.63) is 48.0 Å². The number of benzene rings is 1. The molecule has 0 fully saturated rings. The van der Waals surface area contributed by atoms with Gasteiger partial charge in [-0.1, -0.05) is 18.4 Å². The van der Waals surface area contributed by atoms with Crippen LogP contribution in [0.25, 0.3) is 0 Å². The molecule has 0 radical (unpaired) electrons. The molecule has 0 saturated carbocycles. The highest BCUT2D eigenvalue weighted by molar-refractivity contribution is 5.89. The molecule has 1 rings (SSSR count). The molecule has 88 valence electrons. The maximum atomic E-state index is 11.7. The van der Waals surface area contributed by atoms with Gasteiger partial charge < -0.3 is 4.74 Å². The fraction of sp³-hybridized carbons (Fsp3) is 0.267. The Hall–Kier alpha value is -2.01. The largest absolute Gasteiger partial charge is 0.456 e. The van der Waals surface area contributed by atoms with Gasteiger partial charge >= 0.3 is 5.97 Å². The van der Waals surface area contributed by atoms with E-state index in [0.717, 1.165) is 5.56 Å². The first kappa shape index (κ1) is 13.1. The van der Waals surface area contributed by atoms with Gasteiger partial charge in [0.15, 0.2) is 0 Å². The number of hydrogen-bond acceptors (Lipinski definition) is 2. The molecule has 0 aliphatic carbocycles. The zero-order valence-corrected chi connectivity index (χ0v) is 10.4. The van der Waals surface area contributed by atoms with Crippen LogP contribution in [0.15, 0.2) is 36.9 Å². The van der Waals surface area contributed by atoms with Crippen LogP contribution in [-0.4, -0.2) is 11.6 Å². The van der Waals surface area contributed by atoms with Crippen LogP contribution in [0.3, 0.4) is 0 Å². The van der Waals surface area contributed by atoms with Gasteiger partial charge in [-0.2, -0.15) is 0 Å². The predicted molar refractivity (Wildman–Crippen MR) is 68.7 cm³/mol. The van der Waals surface area contributed by atoms with E-state index in [0.29, 0.717) is 5.56 Å². The molecule has 1 aromatic rings. The average Bonchev–Trinajstić information content (AvgIpc) is 2.24.